The maximum atomic E-state index is 11.4. The maximum Gasteiger partial charge on any atom is 0.498 e. The Hall–Kier alpha value is -4.53. The summed E-state index contributed by atoms with van der Waals surface area (Å²) in [4.78, 5) is 11.0. The standard InChI is InChI=1S/C34H32BN3O4/c1-32(2)33(3,4)42-35(41-32)30-24-37(36-31(30)25-20-22-29(23-21-25)38(39)40)34(26-14-8-5-9-15-26,27-16-10-6-11-17-27)28-18-12-7-13-19-28/h5-24H,1-4H3. The van der Waals surface area contributed by atoms with Crippen LogP contribution >= 0.6 is 0 Å². The summed E-state index contributed by atoms with van der Waals surface area (Å²) in [6.07, 6.45) is 2.01. The fourth-order valence-electron chi connectivity index (χ4n) is 5.60. The molecule has 7 nitrogen and oxygen atoms in total. The number of non-ortho nitro benzene ring substituents is 1. The molecule has 1 fully saturated rings. The van der Waals surface area contributed by atoms with Crippen molar-refractivity contribution in [2.75, 3.05) is 0 Å². The predicted octanol–water partition coefficient (Wildman–Crippen LogP) is 6.60. The highest BCUT2D eigenvalue weighted by molar-refractivity contribution is 6.63. The van der Waals surface area contributed by atoms with Gasteiger partial charge in [-0.25, -0.2) is 0 Å². The minimum atomic E-state index is -0.846. The molecule has 1 aliphatic heterocycles. The summed E-state index contributed by atoms with van der Waals surface area (Å²) >= 11 is 0. The summed E-state index contributed by atoms with van der Waals surface area (Å²) in [5.74, 6) is 0. The van der Waals surface area contributed by atoms with E-state index in [1.165, 1.54) is 12.1 Å². The summed E-state index contributed by atoms with van der Waals surface area (Å²) in [6.45, 7) is 8.08. The fraction of sp³-hybridized carbons (Fsp3) is 0.206. The van der Waals surface area contributed by atoms with E-state index in [0.717, 1.165) is 27.7 Å². The van der Waals surface area contributed by atoms with Crippen molar-refractivity contribution < 1.29 is 14.2 Å². The molecule has 0 spiro atoms. The van der Waals surface area contributed by atoms with Gasteiger partial charge < -0.3 is 9.31 Å². The highest BCUT2D eigenvalue weighted by atomic mass is 16.7. The molecule has 0 saturated carbocycles. The van der Waals surface area contributed by atoms with Crippen LogP contribution < -0.4 is 5.46 Å². The van der Waals surface area contributed by atoms with Gasteiger partial charge >= 0.3 is 7.12 Å². The lowest BCUT2D eigenvalue weighted by Crippen LogP contribution is -2.41. The Bertz CT molecular complexity index is 1590. The maximum absolute atomic E-state index is 11.4. The molecular formula is C34H32BN3O4. The Morgan fingerprint density at radius 2 is 1.14 bits per heavy atom. The van der Waals surface area contributed by atoms with Crippen molar-refractivity contribution in [3.63, 3.8) is 0 Å². The van der Waals surface area contributed by atoms with Gasteiger partial charge in [0.1, 0.15) is 5.54 Å². The zero-order valence-electron chi connectivity index (χ0n) is 24.1. The van der Waals surface area contributed by atoms with Gasteiger partial charge in [0.05, 0.1) is 21.8 Å². The van der Waals surface area contributed by atoms with Crippen LogP contribution in [0.1, 0.15) is 44.4 Å². The molecule has 8 heteroatoms. The van der Waals surface area contributed by atoms with Crippen LogP contribution in [0.2, 0.25) is 0 Å². The number of benzene rings is 4. The van der Waals surface area contributed by atoms with Gasteiger partial charge in [0.25, 0.3) is 5.69 Å². The average Bonchev–Trinajstić information content (AvgIpc) is 3.53. The topological polar surface area (TPSA) is 79.4 Å². The van der Waals surface area contributed by atoms with E-state index in [1.54, 1.807) is 12.1 Å². The molecule has 0 radical (unpaired) electrons. The van der Waals surface area contributed by atoms with Crippen molar-refractivity contribution in [3.8, 4) is 11.3 Å². The third-order valence-corrected chi connectivity index (χ3v) is 8.52. The van der Waals surface area contributed by atoms with Crippen LogP contribution in [0.5, 0.6) is 0 Å². The number of hydrogen-bond acceptors (Lipinski definition) is 5. The van der Waals surface area contributed by atoms with Crippen LogP contribution in [-0.2, 0) is 14.8 Å². The summed E-state index contributed by atoms with van der Waals surface area (Å²) in [6, 6.07) is 37.4. The van der Waals surface area contributed by atoms with Crippen molar-refractivity contribution >= 4 is 18.3 Å². The molecule has 5 aromatic rings. The van der Waals surface area contributed by atoms with E-state index < -0.39 is 28.8 Å². The molecule has 210 valence electrons. The minimum Gasteiger partial charge on any atom is -0.399 e. The first kappa shape index (κ1) is 27.6. The second kappa shape index (κ2) is 10.4. The monoisotopic (exact) mass is 557 g/mol. The van der Waals surface area contributed by atoms with Crippen LogP contribution in [0, 0.1) is 10.1 Å². The van der Waals surface area contributed by atoms with Crippen LogP contribution in [0.15, 0.2) is 121 Å². The number of nitro groups is 1. The first-order valence-electron chi connectivity index (χ1n) is 14.0. The molecule has 0 amide bonds. The minimum absolute atomic E-state index is 0.0163. The van der Waals surface area contributed by atoms with Gasteiger partial charge in [-0.05, 0) is 56.5 Å². The number of nitro benzene ring substituents is 1. The molecule has 4 aromatic carbocycles. The molecule has 1 aromatic heterocycles. The average molecular weight is 557 g/mol. The lowest BCUT2D eigenvalue weighted by Gasteiger charge is -2.36. The normalized spacial score (nSPS) is 16.0. The van der Waals surface area contributed by atoms with E-state index in [9.17, 15) is 10.1 Å². The Labute approximate surface area is 246 Å². The van der Waals surface area contributed by atoms with Gasteiger partial charge in [-0.2, -0.15) is 5.10 Å². The third kappa shape index (κ3) is 4.53. The van der Waals surface area contributed by atoms with E-state index >= 15 is 0 Å². The third-order valence-electron chi connectivity index (χ3n) is 8.52. The van der Waals surface area contributed by atoms with Crippen LogP contribution in [0.25, 0.3) is 11.3 Å². The quantitative estimate of drug-likeness (QED) is 0.0976. The molecule has 1 saturated heterocycles. The number of hydrogen-bond donors (Lipinski definition) is 0. The van der Waals surface area contributed by atoms with Crippen molar-refractivity contribution in [3.05, 3.63) is 148 Å². The van der Waals surface area contributed by atoms with Crippen molar-refractivity contribution in [1.29, 1.82) is 0 Å². The zero-order chi connectivity index (χ0) is 29.5. The van der Waals surface area contributed by atoms with Gasteiger partial charge in [0, 0.05) is 29.4 Å². The van der Waals surface area contributed by atoms with Crippen LogP contribution in [-0.4, -0.2) is 33.0 Å². The SMILES string of the molecule is CC1(C)OB(c2cn(C(c3ccccc3)(c3ccccc3)c3ccccc3)nc2-c2ccc([N+](=O)[O-])cc2)OC1(C)C. The Balaban J connectivity index is 1.66. The Kier molecular flexibility index (Phi) is 6.83. The van der Waals surface area contributed by atoms with E-state index in [-0.39, 0.29) is 5.69 Å². The highest BCUT2D eigenvalue weighted by Gasteiger charge is 2.53. The molecule has 6 rings (SSSR count). The second-order valence-corrected chi connectivity index (χ2v) is 11.6. The largest absolute Gasteiger partial charge is 0.498 e. The Morgan fingerprint density at radius 3 is 1.55 bits per heavy atom. The van der Waals surface area contributed by atoms with Gasteiger partial charge in [-0.15, -0.1) is 0 Å². The van der Waals surface area contributed by atoms with Crippen LogP contribution in [0.4, 0.5) is 5.69 Å². The first-order valence-corrected chi connectivity index (χ1v) is 14.0. The van der Waals surface area contributed by atoms with E-state index in [4.69, 9.17) is 14.4 Å². The first-order chi connectivity index (χ1) is 20.1. The fourth-order valence-corrected chi connectivity index (χ4v) is 5.60. The molecule has 0 atom stereocenters. The molecular weight excluding hydrogens is 525 g/mol. The zero-order valence-corrected chi connectivity index (χ0v) is 24.1. The van der Waals surface area contributed by atoms with E-state index in [0.29, 0.717) is 5.69 Å². The van der Waals surface area contributed by atoms with Crippen molar-refractivity contribution in [2.45, 2.75) is 44.4 Å². The smallest absolute Gasteiger partial charge is 0.399 e. The number of nitrogens with zero attached hydrogens (tertiary/aromatic N) is 3. The second-order valence-electron chi connectivity index (χ2n) is 11.6. The van der Waals surface area contributed by atoms with E-state index in [2.05, 4.69) is 36.4 Å². The van der Waals surface area contributed by atoms with Gasteiger partial charge in [-0.3, -0.25) is 14.8 Å². The van der Waals surface area contributed by atoms with Gasteiger partial charge in [0.15, 0.2) is 0 Å². The lowest BCUT2D eigenvalue weighted by molar-refractivity contribution is -0.384. The molecule has 0 N–H and O–H groups in total. The van der Waals surface area contributed by atoms with Crippen LogP contribution in [0.3, 0.4) is 0 Å². The van der Waals surface area contributed by atoms with Crippen molar-refractivity contribution in [2.24, 2.45) is 0 Å². The van der Waals surface area contributed by atoms with Crippen molar-refractivity contribution in [1.82, 2.24) is 9.78 Å². The molecule has 0 aliphatic carbocycles. The number of aromatic nitrogens is 2. The molecule has 2 heterocycles. The number of rotatable bonds is 7. The van der Waals surface area contributed by atoms with Gasteiger partial charge in [0.2, 0.25) is 0 Å². The molecule has 0 unspecified atom stereocenters. The summed E-state index contributed by atoms with van der Waals surface area (Å²) < 4.78 is 15.1. The summed E-state index contributed by atoms with van der Waals surface area (Å²) in [7, 11) is -0.700. The molecule has 0 bridgehead atoms. The molecule has 1 aliphatic rings. The summed E-state index contributed by atoms with van der Waals surface area (Å²) in [5, 5.41) is 16.7. The predicted molar refractivity (Wildman–Crippen MR) is 165 cm³/mol. The lowest BCUT2D eigenvalue weighted by atomic mass is 9.76. The van der Waals surface area contributed by atoms with E-state index in [1.807, 2.05) is 93.2 Å². The summed E-state index contributed by atoms with van der Waals surface area (Å²) in [5.41, 5.74) is 3.23. The highest BCUT2D eigenvalue weighted by Crippen LogP contribution is 2.42. The Morgan fingerprint density at radius 1 is 0.714 bits per heavy atom. The van der Waals surface area contributed by atoms with Gasteiger partial charge in [-0.1, -0.05) is 91.0 Å². The molecule has 42 heavy (non-hydrogen) atoms.